The first-order valence-electron chi connectivity index (χ1n) is 13.1. The highest BCUT2D eigenvalue weighted by molar-refractivity contribution is 6.37. The molecule has 1 heterocycles. The van der Waals surface area contributed by atoms with Crippen LogP contribution in [0.4, 0.5) is 38.3 Å². The number of halogens is 7. The number of amides is 3. The zero-order valence-corrected chi connectivity index (χ0v) is 25.8. The van der Waals surface area contributed by atoms with Crippen LogP contribution in [0.5, 0.6) is 11.5 Å². The molecule has 17 heteroatoms. The van der Waals surface area contributed by atoms with Crippen molar-refractivity contribution in [3.63, 3.8) is 0 Å². The Balaban J connectivity index is 1.80. The van der Waals surface area contributed by atoms with Gasteiger partial charge < -0.3 is 25.4 Å². The van der Waals surface area contributed by atoms with Crippen LogP contribution in [0.15, 0.2) is 42.5 Å². The van der Waals surface area contributed by atoms with Gasteiger partial charge in [0.2, 0.25) is 5.91 Å². The topological polar surface area (TPSA) is 124 Å². The fourth-order valence-corrected chi connectivity index (χ4v) is 4.56. The van der Waals surface area contributed by atoms with Crippen molar-refractivity contribution in [1.29, 1.82) is 0 Å². The lowest BCUT2D eigenvalue weighted by atomic mass is 10.1. The van der Waals surface area contributed by atoms with E-state index in [4.69, 9.17) is 32.7 Å². The Kier molecular flexibility index (Phi) is 9.68. The van der Waals surface area contributed by atoms with Crippen molar-refractivity contribution in [3.05, 3.63) is 75.3 Å². The second-order valence-corrected chi connectivity index (χ2v) is 11.5. The maximum absolute atomic E-state index is 14.2. The number of nitrogens with zero attached hydrogens (tertiary/aromatic N) is 2. The maximum Gasteiger partial charge on any atom is 0.416 e. The van der Waals surface area contributed by atoms with E-state index >= 15 is 0 Å². The molecular formula is C29H24Cl2F5N5O5. The van der Waals surface area contributed by atoms with Crippen molar-refractivity contribution in [1.82, 2.24) is 15.1 Å². The van der Waals surface area contributed by atoms with Gasteiger partial charge in [0.15, 0.2) is 11.6 Å². The molecule has 0 aliphatic heterocycles. The molecule has 4 rings (SSSR count). The molecule has 10 nitrogen and oxygen atoms in total. The van der Waals surface area contributed by atoms with E-state index in [2.05, 4.69) is 21.0 Å². The monoisotopic (exact) mass is 687 g/mol. The lowest BCUT2D eigenvalue weighted by Gasteiger charge is -2.19. The zero-order valence-electron chi connectivity index (χ0n) is 24.3. The van der Waals surface area contributed by atoms with Crippen LogP contribution >= 0.6 is 23.2 Å². The molecule has 0 aliphatic carbocycles. The molecular weight excluding hydrogens is 664 g/mol. The Labute approximate surface area is 267 Å². The summed E-state index contributed by atoms with van der Waals surface area (Å²) in [4.78, 5) is 38.0. The molecule has 3 amide bonds. The van der Waals surface area contributed by atoms with Crippen molar-refractivity contribution in [2.75, 3.05) is 17.2 Å². The first kappa shape index (κ1) is 34.2. The van der Waals surface area contributed by atoms with E-state index in [1.165, 1.54) is 17.8 Å². The molecule has 0 saturated heterocycles. The standard InChI is InChI=1S/C29H24Cl2F5N5O5/c1-28(2,3)46-27(44)37-12-21(42)39-25-22-23(41(4)40-25)18(31)11-19(24(22)45-20-10-15(32)5-6-17(20)30)38-26(43)13-7-14(29(34,35)36)9-16(33)8-13/h5-11H,12H2,1-4H3,(H,37,44)(H,38,43)(H,39,40,42). The van der Waals surface area contributed by atoms with E-state index in [1.807, 2.05) is 0 Å². The van der Waals surface area contributed by atoms with Crippen LogP contribution in [-0.4, -0.2) is 39.8 Å². The molecule has 0 unspecified atom stereocenters. The summed E-state index contributed by atoms with van der Waals surface area (Å²) in [7, 11) is 1.45. The van der Waals surface area contributed by atoms with Gasteiger partial charge in [-0.3, -0.25) is 14.3 Å². The van der Waals surface area contributed by atoms with Gasteiger partial charge in [-0.15, -0.1) is 0 Å². The minimum Gasteiger partial charge on any atom is -0.453 e. The average Bonchev–Trinajstić information content (AvgIpc) is 3.25. The zero-order chi connectivity index (χ0) is 34.1. The number of hydrogen-bond acceptors (Lipinski definition) is 6. The quantitative estimate of drug-likeness (QED) is 0.171. The average molecular weight is 688 g/mol. The van der Waals surface area contributed by atoms with Crippen LogP contribution in [0.1, 0.15) is 36.7 Å². The number of carbonyl (C=O) groups excluding carboxylic acids is 3. The van der Waals surface area contributed by atoms with E-state index in [0.717, 1.165) is 18.2 Å². The molecule has 244 valence electrons. The van der Waals surface area contributed by atoms with E-state index in [-0.39, 0.29) is 50.0 Å². The van der Waals surface area contributed by atoms with Crippen molar-refractivity contribution >= 4 is 63.5 Å². The lowest BCUT2D eigenvalue weighted by molar-refractivity contribution is -0.137. The normalized spacial score (nSPS) is 11.7. The number of carbonyl (C=O) groups is 3. The van der Waals surface area contributed by atoms with Gasteiger partial charge in [0.05, 0.1) is 32.2 Å². The maximum atomic E-state index is 14.2. The number of ether oxygens (including phenoxy) is 2. The Bertz CT molecular complexity index is 1860. The third-order valence-electron chi connectivity index (χ3n) is 5.91. The predicted octanol–water partition coefficient (Wildman–Crippen LogP) is 7.68. The Morgan fingerprint density at radius 1 is 0.935 bits per heavy atom. The highest BCUT2D eigenvalue weighted by Crippen LogP contribution is 2.45. The summed E-state index contributed by atoms with van der Waals surface area (Å²) in [5.41, 5.74) is -3.11. The molecule has 46 heavy (non-hydrogen) atoms. The Morgan fingerprint density at radius 2 is 1.63 bits per heavy atom. The van der Waals surface area contributed by atoms with Crippen LogP contribution in [0.25, 0.3) is 10.9 Å². The number of nitrogens with one attached hydrogen (secondary N) is 3. The van der Waals surface area contributed by atoms with Crippen LogP contribution in [0.2, 0.25) is 10.0 Å². The molecule has 0 aliphatic rings. The Hall–Kier alpha value is -4.63. The summed E-state index contributed by atoms with van der Waals surface area (Å²) in [5.74, 6) is -4.87. The van der Waals surface area contributed by atoms with Crippen molar-refractivity contribution in [3.8, 4) is 11.5 Å². The second kappa shape index (κ2) is 13.0. The molecule has 3 aromatic carbocycles. The van der Waals surface area contributed by atoms with E-state index < -0.39 is 59.0 Å². The van der Waals surface area contributed by atoms with Gasteiger partial charge in [0.1, 0.15) is 29.5 Å². The highest BCUT2D eigenvalue weighted by Gasteiger charge is 2.32. The number of alkyl carbamates (subject to hydrolysis) is 1. The fourth-order valence-electron chi connectivity index (χ4n) is 4.08. The summed E-state index contributed by atoms with van der Waals surface area (Å²) in [6.07, 6.45) is -5.83. The van der Waals surface area contributed by atoms with Crippen LogP contribution in [0.3, 0.4) is 0 Å². The molecule has 4 aromatic rings. The predicted molar refractivity (Wildman–Crippen MR) is 159 cm³/mol. The third-order valence-corrected chi connectivity index (χ3v) is 6.51. The van der Waals surface area contributed by atoms with Gasteiger partial charge in [-0.25, -0.2) is 13.6 Å². The summed E-state index contributed by atoms with van der Waals surface area (Å²) in [6, 6.07) is 5.55. The Morgan fingerprint density at radius 3 is 2.28 bits per heavy atom. The van der Waals surface area contributed by atoms with Gasteiger partial charge in [0, 0.05) is 18.7 Å². The van der Waals surface area contributed by atoms with Crippen LogP contribution in [-0.2, 0) is 22.8 Å². The highest BCUT2D eigenvalue weighted by atomic mass is 35.5. The minimum atomic E-state index is -4.96. The van der Waals surface area contributed by atoms with Crippen molar-refractivity contribution in [2.45, 2.75) is 32.5 Å². The number of benzene rings is 3. The van der Waals surface area contributed by atoms with Crippen LogP contribution < -0.4 is 20.7 Å². The molecule has 0 atom stereocenters. The summed E-state index contributed by atoms with van der Waals surface area (Å²) < 4.78 is 80.5. The van der Waals surface area contributed by atoms with Crippen LogP contribution in [0, 0.1) is 11.6 Å². The first-order chi connectivity index (χ1) is 21.3. The second-order valence-electron chi connectivity index (χ2n) is 10.7. The van der Waals surface area contributed by atoms with Gasteiger partial charge in [-0.2, -0.15) is 18.3 Å². The number of anilines is 2. The van der Waals surface area contributed by atoms with Gasteiger partial charge in [-0.1, -0.05) is 23.2 Å². The molecule has 0 radical (unpaired) electrons. The lowest BCUT2D eigenvalue weighted by Crippen LogP contribution is -2.37. The van der Waals surface area contributed by atoms with E-state index in [9.17, 15) is 36.3 Å². The number of aryl methyl sites for hydroxylation is 1. The molecule has 1 aromatic heterocycles. The third kappa shape index (κ3) is 8.14. The van der Waals surface area contributed by atoms with Gasteiger partial charge in [-0.05, 0) is 57.2 Å². The summed E-state index contributed by atoms with van der Waals surface area (Å²) >= 11 is 12.7. The summed E-state index contributed by atoms with van der Waals surface area (Å²) in [6.45, 7) is 4.32. The van der Waals surface area contributed by atoms with E-state index in [0.29, 0.717) is 12.1 Å². The van der Waals surface area contributed by atoms with E-state index in [1.54, 1.807) is 20.8 Å². The molecule has 0 spiro atoms. The molecule has 0 bridgehead atoms. The van der Waals surface area contributed by atoms with Crippen molar-refractivity contribution < 1.29 is 45.8 Å². The number of hydrogen-bond donors (Lipinski definition) is 3. The number of fused-ring (bicyclic) bond motifs is 1. The number of aromatic nitrogens is 2. The SMILES string of the molecule is Cn1nc(NC(=O)CNC(=O)OC(C)(C)C)c2c(Oc3cc(F)ccc3Cl)c(NC(=O)c3cc(F)cc(C(F)(F)F)c3)cc(Cl)c21. The number of rotatable bonds is 7. The first-order valence-corrected chi connectivity index (χ1v) is 13.9. The molecule has 0 saturated carbocycles. The summed E-state index contributed by atoms with van der Waals surface area (Å²) in [5, 5.41) is 11.1. The molecule has 3 N–H and O–H groups in total. The minimum absolute atomic E-state index is 0.0635. The number of alkyl halides is 3. The van der Waals surface area contributed by atoms with Gasteiger partial charge in [0.25, 0.3) is 5.91 Å². The van der Waals surface area contributed by atoms with Gasteiger partial charge >= 0.3 is 12.3 Å². The molecule has 0 fully saturated rings. The van der Waals surface area contributed by atoms with Crippen molar-refractivity contribution in [2.24, 2.45) is 7.05 Å². The smallest absolute Gasteiger partial charge is 0.416 e. The fraction of sp³-hybridized carbons (Fsp3) is 0.241. The largest absolute Gasteiger partial charge is 0.453 e.